The third-order valence-corrected chi connectivity index (χ3v) is 8.02. The lowest BCUT2D eigenvalue weighted by atomic mass is 10.0. The molecule has 0 radical (unpaired) electrons. The van der Waals surface area contributed by atoms with Crippen molar-refractivity contribution in [3.05, 3.63) is 89.5 Å². The molecule has 1 aliphatic rings. The molecule has 42 heavy (non-hydrogen) atoms. The van der Waals surface area contributed by atoms with E-state index in [1.54, 1.807) is 18.2 Å². The number of amides is 2. The predicted molar refractivity (Wildman–Crippen MR) is 163 cm³/mol. The van der Waals surface area contributed by atoms with E-state index >= 15 is 0 Å². The maximum Gasteiger partial charge on any atom is 0.244 e. The van der Waals surface area contributed by atoms with Crippen LogP contribution in [-0.4, -0.2) is 63.7 Å². The molecular formula is C32H39N3O6S. The number of hydrogen-bond donors (Lipinski definition) is 1. The largest absolute Gasteiger partial charge is 0.486 e. The van der Waals surface area contributed by atoms with Crippen LogP contribution in [0.1, 0.15) is 30.5 Å². The molecular weight excluding hydrogens is 554 g/mol. The number of nitrogens with one attached hydrogen (secondary N) is 1. The molecule has 1 N–H and O–H groups in total. The second kappa shape index (κ2) is 13.7. The number of aryl methyl sites for hydroxylation is 1. The number of benzene rings is 3. The van der Waals surface area contributed by atoms with Crippen LogP contribution < -0.4 is 19.1 Å². The number of rotatable bonds is 12. The highest BCUT2D eigenvalue weighted by molar-refractivity contribution is 7.92. The normalized spacial score (nSPS) is 13.4. The number of nitrogens with zero attached hydrogens (tertiary/aromatic N) is 2. The minimum atomic E-state index is -3.89. The minimum Gasteiger partial charge on any atom is -0.486 e. The molecule has 0 aliphatic carbocycles. The average Bonchev–Trinajstić information content (AvgIpc) is 2.96. The van der Waals surface area contributed by atoms with E-state index < -0.39 is 28.5 Å². The number of carbonyl (C=O) groups excluding carboxylic acids is 2. The second-order valence-corrected chi connectivity index (χ2v) is 12.9. The summed E-state index contributed by atoms with van der Waals surface area (Å²) in [5.41, 5.74) is 3.01. The molecule has 0 unspecified atom stereocenters. The third kappa shape index (κ3) is 8.25. The van der Waals surface area contributed by atoms with Gasteiger partial charge in [-0.25, -0.2) is 8.42 Å². The smallest absolute Gasteiger partial charge is 0.244 e. The average molecular weight is 594 g/mol. The summed E-state index contributed by atoms with van der Waals surface area (Å²) >= 11 is 0. The zero-order valence-corrected chi connectivity index (χ0v) is 25.4. The number of carbonyl (C=O) groups is 2. The molecule has 10 heteroatoms. The van der Waals surface area contributed by atoms with Gasteiger partial charge in [-0.15, -0.1) is 0 Å². The summed E-state index contributed by atoms with van der Waals surface area (Å²) in [6.07, 6.45) is 1.32. The second-order valence-electron chi connectivity index (χ2n) is 11.0. The van der Waals surface area contributed by atoms with Gasteiger partial charge in [0.25, 0.3) is 0 Å². The van der Waals surface area contributed by atoms with E-state index in [-0.39, 0.29) is 30.5 Å². The minimum absolute atomic E-state index is 0.131. The molecule has 9 nitrogen and oxygen atoms in total. The molecule has 0 spiro atoms. The van der Waals surface area contributed by atoms with Gasteiger partial charge in [0.2, 0.25) is 21.8 Å². The lowest BCUT2D eigenvalue weighted by molar-refractivity contribution is -0.140. The van der Waals surface area contributed by atoms with Gasteiger partial charge >= 0.3 is 0 Å². The maximum atomic E-state index is 14.2. The molecule has 1 atom stereocenters. The van der Waals surface area contributed by atoms with Gasteiger partial charge in [0, 0.05) is 25.6 Å². The van der Waals surface area contributed by atoms with Crippen LogP contribution in [0.5, 0.6) is 11.5 Å². The molecule has 0 saturated carbocycles. The Morgan fingerprint density at radius 1 is 0.905 bits per heavy atom. The molecule has 0 saturated heterocycles. The molecule has 0 bridgehead atoms. The molecule has 3 aromatic rings. The van der Waals surface area contributed by atoms with Gasteiger partial charge in [-0.2, -0.15) is 0 Å². The number of ether oxygens (including phenoxy) is 2. The van der Waals surface area contributed by atoms with Gasteiger partial charge in [0.15, 0.2) is 11.5 Å². The van der Waals surface area contributed by atoms with Crippen LogP contribution in [0.15, 0.2) is 72.8 Å². The highest BCUT2D eigenvalue weighted by Gasteiger charge is 2.33. The van der Waals surface area contributed by atoms with E-state index in [0.717, 1.165) is 27.3 Å². The highest BCUT2D eigenvalue weighted by atomic mass is 32.2. The molecule has 3 aromatic carbocycles. The summed E-state index contributed by atoms with van der Waals surface area (Å²) in [5, 5.41) is 2.99. The van der Waals surface area contributed by atoms with Crippen molar-refractivity contribution in [2.75, 3.05) is 36.9 Å². The maximum absolute atomic E-state index is 14.2. The van der Waals surface area contributed by atoms with Crippen molar-refractivity contribution in [1.29, 1.82) is 0 Å². The van der Waals surface area contributed by atoms with Crippen molar-refractivity contribution >= 4 is 27.5 Å². The van der Waals surface area contributed by atoms with Gasteiger partial charge in [-0.05, 0) is 36.1 Å². The van der Waals surface area contributed by atoms with Gasteiger partial charge in [-0.3, -0.25) is 13.9 Å². The van der Waals surface area contributed by atoms with Crippen molar-refractivity contribution in [2.45, 2.75) is 39.8 Å². The summed E-state index contributed by atoms with van der Waals surface area (Å²) in [4.78, 5) is 29.4. The fraction of sp³-hybridized carbons (Fsp3) is 0.375. The van der Waals surface area contributed by atoms with Crippen LogP contribution in [0.2, 0.25) is 0 Å². The van der Waals surface area contributed by atoms with Gasteiger partial charge in [-0.1, -0.05) is 74.0 Å². The molecule has 0 fully saturated rings. The van der Waals surface area contributed by atoms with Crippen LogP contribution in [-0.2, 0) is 32.6 Å². The first kappa shape index (κ1) is 30.9. The van der Waals surface area contributed by atoms with Crippen LogP contribution in [0.25, 0.3) is 0 Å². The van der Waals surface area contributed by atoms with E-state index in [2.05, 4.69) is 5.32 Å². The number of fused-ring (bicyclic) bond motifs is 1. The van der Waals surface area contributed by atoms with Gasteiger partial charge < -0.3 is 19.7 Å². The third-order valence-electron chi connectivity index (χ3n) is 6.88. The topological polar surface area (TPSA) is 105 Å². The van der Waals surface area contributed by atoms with Gasteiger partial charge in [0.05, 0.1) is 11.9 Å². The Hall–Kier alpha value is -4.05. The lowest BCUT2D eigenvalue weighted by Gasteiger charge is -2.34. The Labute approximate surface area is 248 Å². The Morgan fingerprint density at radius 3 is 2.26 bits per heavy atom. The standard InChI is InChI=1S/C32H39N3O6S/c1-23(2)20-33-32(37)28(18-25-10-6-5-7-11-25)34(21-26-12-8-9-24(3)17-26)31(36)22-35(42(4,38)39)27-13-14-29-30(19-27)41-16-15-40-29/h5-14,17,19,23,28H,15-16,18,20-22H2,1-4H3,(H,33,37)/t28-/m1/s1. The zero-order chi connectivity index (χ0) is 30.3. The number of sulfonamides is 1. The van der Waals surface area contributed by atoms with Crippen molar-refractivity contribution < 1.29 is 27.5 Å². The zero-order valence-electron chi connectivity index (χ0n) is 24.6. The first-order valence-corrected chi connectivity index (χ1v) is 15.9. The Kier molecular flexibility index (Phi) is 10.1. The Bertz CT molecular complexity index is 1490. The molecule has 1 heterocycles. The Balaban J connectivity index is 1.72. The molecule has 2 amide bonds. The fourth-order valence-electron chi connectivity index (χ4n) is 4.78. The molecule has 0 aromatic heterocycles. The summed E-state index contributed by atoms with van der Waals surface area (Å²) < 4.78 is 38.4. The van der Waals surface area contributed by atoms with Crippen LogP contribution in [0, 0.1) is 12.8 Å². The fourth-order valence-corrected chi connectivity index (χ4v) is 5.63. The number of hydrogen-bond acceptors (Lipinski definition) is 6. The quantitative estimate of drug-likeness (QED) is 0.341. The van der Waals surface area contributed by atoms with Crippen molar-refractivity contribution in [2.24, 2.45) is 5.92 Å². The summed E-state index contributed by atoms with van der Waals surface area (Å²) in [6.45, 7) is 6.78. The summed E-state index contributed by atoms with van der Waals surface area (Å²) in [5.74, 6) is 0.335. The van der Waals surface area contributed by atoms with Crippen molar-refractivity contribution in [3.63, 3.8) is 0 Å². The Morgan fingerprint density at radius 2 is 1.60 bits per heavy atom. The van der Waals surface area contributed by atoms with E-state index in [4.69, 9.17) is 9.47 Å². The van der Waals surface area contributed by atoms with Crippen LogP contribution in [0.4, 0.5) is 5.69 Å². The van der Waals surface area contributed by atoms with E-state index in [9.17, 15) is 18.0 Å². The van der Waals surface area contributed by atoms with Crippen molar-refractivity contribution in [1.82, 2.24) is 10.2 Å². The first-order chi connectivity index (χ1) is 20.0. The number of anilines is 1. The summed E-state index contributed by atoms with van der Waals surface area (Å²) in [7, 11) is -3.89. The molecule has 1 aliphatic heterocycles. The lowest BCUT2D eigenvalue weighted by Crippen LogP contribution is -2.53. The summed E-state index contributed by atoms with van der Waals surface area (Å²) in [6, 6.07) is 21.1. The van der Waals surface area contributed by atoms with Crippen LogP contribution >= 0.6 is 0 Å². The van der Waals surface area contributed by atoms with Crippen molar-refractivity contribution in [3.8, 4) is 11.5 Å². The molecule has 4 rings (SSSR count). The van der Waals surface area contributed by atoms with Gasteiger partial charge in [0.1, 0.15) is 25.8 Å². The predicted octanol–water partition coefficient (Wildman–Crippen LogP) is 3.94. The van der Waals surface area contributed by atoms with E-state index in [1.807, 2.05) is 75.4 Å². The van der Waals surface area contributed by atoms with Crippen LogP contribution in [0.3, 0.4) is 0 Å². The van der Waals surface area contributed by atoms with E-state index in [1.165, 1.54) is 4.90 Å². The van der Waals surface area contributed by atoms with E-state index in [0.29, 0.717) is 31.3 Å². The monoisotopic (exact) mass is 593 g/mol. The highest BCUT2D eigenvalue weighted by Crippen LogP contribution is 2.34. The molecule has 224 valence electrons. The SMILES string of the molecule is Cc1cccc(CN(C(=O)CN(c2ccc3c(c2)OCCO3)S(C)(=O)=O)[C@H](Cc2ccccc2)C(=O)NCC(C)C)c1. The first-order valence-electron chi connectivity index (χ1n) is 14.1.